The van der Waals surface area contributed by atoms with Gasteiger partial charge in [0.2, 0.25) is 11.8 Å². The summed E-state index contributed by atoms with van der Waals surface area (Å²) in [5.41, 5.74) is 2.94. The summed E-state index contributed by atoms with van der Waals surface area (Å²) in [4.78, 5) is 8.98. The van der Waals surface area contributed by atoms with Crippen LogP contribution < -0.4 is 9.47 Å². The molecular weight excluding hydrogens is 332 g/mol. The number of rotatable bonds is 5. The molecule has 0 N–H and O–H groups in total. The lowest BCUT2D eigenvalue weighted by molar-refractivity contribution is 0.414. The summed E-state index contributed by atoms with van der Waals surface area (Å²) in [6.07, 6.45) is 3.13. The van der Waals surface area contributed by atoms with E-state index >= 15 is 0 Å². The molecule has 0 bridgehead atoms. The molecule has 0 unspecified atom stereocenters. The third-order valence-electron chi connectivity index (χ3n) is 3.94. The Morgan fingerprint density at radius 3 is 1.35 bits per heavy atom. The summed E-state index contributed by atoms with van der Waals surface area (Å²) in [5.74, 6) is 2.58. The van der Waals surface area contributed by atoms with Gasteiger partial charge in [-0.2, -0.15) is 0 Å². The van der Waals surface area contributed by atoms with Crippen molar-refractivity contribution in [1.29, 1.82) is 0 Å². The minimum atomic E-state index is 0.511. The molecule has 2 heterocycles. The molecule has 26 heavy (non-hydrogen) atoms. The van der Waals surface area contributed by atoms with Crippen LogP contribution in [0.2, 0.25) is 0 Å². The van der Waals surface area contributed by atoms with Crippen LogP contribution in [-0.4, -0.2) is 24.2 Å². The van der Waals surface area contributed by atoms with E-state index in [1.807, 2.05) is 48.5 Å². The lowest BCUT2D eigenvalue weighted by Crippen LogP contribution is -1.84. The summed E-state index contributed by atoms with van der Waals surface area (Å²) in [6.45, 7) is 0. The van der Waals surface area contributed by atoms with Gasteiger partial charge in [0.05, 0.1) is 14.2 Å². The van der Waals surface area contributed by atoms with Gasteiger partial charge in [0.15, 0.2) is 0 Å². The van der Waals surface area contributed by atoms with E-state index in [1.54, 1.807) is 26.7 Å². The van der Waals surface area contributed by atoms with Gasteiger partial charge in [-0.05, 0) is 48.5 Å². The Kier molecular flexibility index (Phi) is 4.15. The fourth-order valence-electron chi connectivity index (χ4n) is 2.52. The molecule has 2 aromatic heterocycles. The third-order valence-corrected chi connectivity index (χ3v) is 3.94. The Labute approximate surface area is 150 Å². The second-order valence-electron chi connectivity index (χ2n) is 5.53. The molecule has 0 saturated carbocycles. The molecule has 0 aliphatic rings. The fraction of sp³-hybridized carbons (Fsp3) is 0.100. The molecule has 4 rings (SSSR count). The number of nitrogens with zero attached hydrogens (tertiary/aromatic N) is 2. The van der Waals surface area contributed by atoms with Gasteiger partial charge in [-0.3, -0.25) is 0 Å². The lowest BCUT2D eigenvalue weighted by atomic mass is 10.2. The first-order chi connectivity index (χ1) is 12.8. The molecule has 0 atom stereocenters. The largest absolute Gasteiger partial charge is 0.497 e. The van der Waals surface area contributed by atoms with Crippen molar-refractivity contribution in [3.05, 3.63) is 61.1 Å². The van der Waals surface area contributed by atoms with E-state index in [0.29, 0.717) is 23.2 Å². The summed E-state index contributed by atoms with van der Waals surface area (Å²) in [5, 5.41) is 0. The molecule has 0 saturated heterocycles. The maximum atomic E-state index is 5.57. The van der Waals surface area contributed by atoms with Crippen molar-refractivity contribution in [2.24, 2.45) is 0 Å². The molecule has 6 nitrogen and oxygen atoms in total. The first-order valence-corrected chi connectivity index (χ1v) is 7.97. The van der Waals surface area contributed by atoms with Gasteiger partial charge >= 0.3 is 0 Å². The van der Waals surface area contributed by atoms with Gasteiger partial charge in [-0.15, -0.1) is 0 Å². The van der Waals surface area contributed by atoms with E-state index in [2.05, 4.69) is 9.97 Å². The van der Waals surface area contributed by atoms with Crippen molar-refractivity contribution in [2.75, 3.05) is 14.2 Å². The standard InChI is InChI=1S/C20H16N2O4/c1-23-15-7-3-13(4-8-15)19-21-17(11-25-19)18-12-26-20(22-18)14-5-9-16(24-2)10-6-14/h3-12H,1-2H3. The summed E-state index contributed by atoms with van der Waals surface area (Å²) in [7, 11) is 3.26. The van der Waals surface area contributed by atoms with Crippen molar-refractivity contribution in [3.63, 3.8) is 0 Å². The Hall–Kier alpha value is -3.54. The van der Waals surface area contributed by atoms with E-state index in [0.717, 1.165) is 22.6 Å². The molecule has 0 aliphatic heterocycles. The van der Waals surface area contributed by atoms with Gasteiger partial charge < -0.3 is 18.3 Å². The van der Waals surface area contributed by atoms with Gasteiger partial charge in [-0.25, -0.2) is 9.97 Å². The summed E-state index contributed by atoms with van der Waals surface area (Å²) < 4.78 is 21.5. The van der Waals surface area contributed by atoms with Crippen LogP contribution in [0.3, 0.4) is 0 Å². The molecular formula is C20H16N2O4. The Morgan fingerprint density at radius 2 is 1.00 bits per heavy atom. The molecule has 0 radical (unpaired) electrons. The topological polar surface area (TPSA) is 70.5 Å². The second kappa shape index (κ2) is 6.76. The monoisotopic (exact) mass is 348 g/mol. The minimum Gasteiger partial charge on any atom is -0.497 e. The normalized spacial score (nSPS) is 10.7. The maximum Gasteiger partial charge on any atom is 0.226 e. The van der Waals surface area contributed by atoms with Crippen molar-refractivity contribution in [1.82, 2.24) is 9.97 Å². The minimum absolute atomic E-state index is 0.511. The number of hydrogen-bond acceptors (Lipinski definition) is 6. The lowest BCUT2D eigenvalue weighted by Gasteiger charge is -1.99. The van der Waals surface area contributed by atoms with Crippen molar-refractivity contribution < 1.29 is 18.3 Å². The smallest absolute Gasteiger partial charge is 0.226 e. The average Bonchev–Trinajstić information content (AvgIpc) is 3.38. The zero-order valence-electron chi connectivity index (χ0n) is 14.3. The van der Waals surface area contributed by atoms with Crippen LogP contribution in [0.25, 0.3) is 34.3 Å². The highest BCUT2D eigenvalue weighted by molar-refractivity contribution is 5.63. The van der Waals surface area contributed by atoms with Crippen LogP contribution in [0.5, 0.6) is 11.5 Å². The predicted octanol–water partition coefficient (Wildman–Crippen LogP) is 4.68. The predicted molar refractivity (Wildman–Crippen MR) is 96.0 cm³/mol. The zero-order chi connectivity index (χ0) is 17.9. The first-order valence-electron chi connectivity index (χ1n) is 7.97. The van der Waals surface area contributed by atoms with Crippen molar-refractivity contribution >= 4 is 0 Å². The molecule has 0 aliphatic carbocycles. The van der Waals surface area contributed by atoms with E-state index in [4.69, 9.17) is 18.3 Å². The van der Waals surface area contributed by atoms with Gasteiger partial charge in [0, 0.05) is 11.1 Å². The van der Waals surface area contributed by atoms with Gasteiger partial charge in [-0.1, -0.05) is 0 Å². The van der Waals surface area contributed by atoms with Crippen molar-refractivity contribution in [2.45, 2.75) is 0 Å². The zero-order valence-corrected chi connectivity index (χ0v) is 14.3. The highest BCUT2D eigenvalue weighted by atomic mass is 16.5. The Bertz CT molecular complexity index is 917. The quantitative estimate of drug-likeness (QED) is 0.521. The number of benzene rings is 2. The Morgan fingerprint density at radius 1 is 0.615 bits per heavy atom. The van der Waals surface area contributed by atoms with E-state index in [9.17, 15) is 0 Å². The second-order valence-corrected chi connectivity index (χ2v) is 5.53. The highest BCUT2D eigenvalue weighted by Gasteiger charge is 2.14. The van der Waals surface area contributed by atoms with Crippen LogP contribution in [-0.2, 0) is 0 Å². The number of hydrogen-bond donors (Lipinski definition) is 0. The SMILES string of the molecule is COc1ccc(-c2nc(-c3coc(-c4ccc(OC)cc4)n3)co2)cc1. The molecule has 0 amide bonds. The molecule has 4 aromatic rings. The molecule has 130 valence electrons. The van der Waals surface area contributed by atoms with Crippen LogP contribution in [0.1, 0.15) is 0 Å². The Balaban J connectivity index is 1.58. The molecule has 6 heteroatoms. The van der Waals surface area contributed by atoms with Crippen molar-refractivity contribution in [3.8, 4) is 45.8 Å². The number of oxazole rings is 2. The number of aromatic nitrogens is 2. The molecule has 0 fully saturated rings. The van der Waals surface area contributed by atoms with E-state index < -0.39 is 0 Å². The van der Waals surface area contributed by atoms with Crippen LogP contribution >= 0.6 is 0 Å². The average molecular weight is 348 g/mol. The summed E-state index contributed by atoms with van der Waals surface area (Å²) in [6, 6.07) is 15.0. The number of methoxy groups -OCH3 is 2. The van der Waals surface area contributed by atoms with Crippen LogP contribution in [0, 0.1) is 0 Å². The van der Waals surface area contributed by atoms with Crippen LogP contribution in [0.15, 0.2) is 69.9 Å². The fourth-order valence-corrected chi connectivity index (χ4v) is 2.52. The van der Waals surface area contributed by atoms with Crippen LogP contribution in [0.4, 0.5) is 0 Å². The third kappa shape index (κ3) is 3.04. The van der Waals surface area contributed by atoms with Gasteiger partial charge in [0.25, 0.3) is 0 Å². The maximum absolute atomic E-state index is 5.57. The summed E-state index contributed by atoms with van der Waals surface area (Å²) >= 11 is 0. The number of ether oxygens (including phenoxy) is 2. The highest BCUT2D eigenvalue weighted by Crippen LogP contribution is 2.28. The van der Waals surface area contributed by atoms with Gasteiger partial charge in [0.1, 0.15) is 35.4 Å². The van der Waals surface area contributed by atoms with E-state index in [1.165, 1.54) is 0 Å². The molecule has 0 spiro atoms. The molecule has 2 aromatic carbocycles. The van der Waals surface area contributed by atoms with E-state index in [-0.39, 0.29) is 0 Å². The first kappa shape index (κ1) is 16.0.